The topological polar surface area (TPSA) is 71.0 Å². The maximum absolute atomic E-state index is 11.6. The summed E-state index contributed by atoms with van der Waals surface area (Å²) in [6, 6.07) is -0.164. The Morgan fingerprint density at radius 2 is 2.41 bits per heavy atom. The predicted molar refractivity (Wildman–Crippen MR) is 65.9 cm³/mol. The lowest BCUT2D eigenvalue weighted by Crippen LogP contribution is -2.31. The van der Waals surface area contributed by atoms with Gasteiger partial charge in [0.2, 0.25) is 0 Å². The van der Waals surface area contributed by atoms with Gasteiger partial charge in [-0.3, -0.25) is 10.00 Å². The highest BCUT2D eigenvalue weighted by atomic mass is 16.2. The number of fused-ring (bicyclic) bond motifs is 1. The Balaban J connectivity index is 2.10. The number of nitrogens with one attached hydrogen (secondary N) is 3. The molecule has 2 heterocycles. The standard InChI is InChI=1S/C11H19N5O/c1-3-5-13-11(17)14-10-8-7-12-6-4-9(8)15-16(10)2/h12H,3-7H2,1-2H3,(H2,13,14,17). The highest BCUT2D eigenvalue weighted by molar-refractivity contribution is 5.89. The first-order valence-electron chi connectivity index (χ1n) is 6.02. The molecule has 0 aromatic carbocycles. The van der Waals surface area contributed by atoms with Crippen LogP contribution in [0.4, 0.5) is 10.6 Å². The Bertz CT molecular complexity index is 412. The number of anilines is 1. The van der Waals surface area contributed by atoms with Crippen LogP contribution in [0.2, 0.25) is 0 Å². The SMILES string of the molecule is CCCNC(=O)Nc1c2c(nn1C)CCNC2. The van der Waals surface area contributed by atoms with E-state index in [1.807, 2.05) is 14.0 Å². The van der Waals surface area contributed by atoms with Crippen LogP contribution in [0.3, 0.4) is 0 Å². The van der Waals surface area contributed by atoms with Crippen molar-refractivity contribution in [2.75, 3.05) is 18.4 Å². The third kappa shape index (κ3) is 2.58. The van der Waals surface area contributed by atoms with Crippen molar-refractivity contribution in [2.24, 2.45) is 7.05 Å². The molecule has 17 heavy (non-hydrogen) atoms. The number of aromatic nitrogens is 2. The van der Waals surface area contributed by atoms with E-state index in [4.69, 9.17) is 0 Å². The molecule has 2 amide bonds. The molecule has 94 valence electrons. The highest BCUT2D eigenvalue weighted by Gasteiger charge is 2.19. The smallest absolute Gasteiger partial charge is 0.320 e. The molecule has 1 aromatic rings. The largest absolute Gasteiger partial charge is 0.338 e. The van der Waals surface area contributed by atoms with Gasteiger partial charge in [-0.1, -0.05) is 6.92 Å². The Hall–Kier alpha value is -1.56. The van der Waals surface area contributed by atoms with Gasteiger partial charge >= 0.3 is 6.03 Å². The molecule has 0 spiro atoms. The maximum Gasteiger partial charge on any atom is 0.320 e. The van der Waals surface area contributed by atoms with Crippen LogP contribution in [0, 0.1) is 0 Å². The van der Waals surface area contributed by atoms with Gasteiger partial charge in [-0.25, -0.2) is 4.79 Å². The van der Waals surface area contributed by atoms with Gasteiger partial charge in [0, 0.05) is 38.7 Å². The molecule has 0 aliphatic carbocycles. The molecule has 2 rings (SSSR count). The summed E-state index contributed by atoms with van der Waals surface area (Å²) in [4.78, 5) is 11.6. The zero-order chi connectivity index (χ0) is 12.3. The molecular formula is C11H19N5O. The van der Waals surface area contributed by atoms with Gasteiger partial charge in [-0.2, -0.15) is 5.10 Å². The lowest BCUT2D eigenvalue weighted by Gasteiger charge is -2.13. The number of aryl methyl sites for hydroxylation is 1. The summed E-state index contributed by atoms with van der Waals surface area (Å²) in [5.74, 6) is 0.792. The van der Waals surface area contributed by atoms with Gasteiger partial charge < -0.3 is 10.6 Å². The van der Waals surface area contributed by atoms with Crippen molar-refractivity contribution in [3.05, 3.63) is 11.3 Å². The molecule has 1 aliphatic rings. The van der Waals surface area contributed by atoms with Crippen LogP contribution >= 0.6 is 0 Å². The van der Waals surface area contributed by atoms with Crippen LogP contribution in [-0.4, -0.2) is 28.9 Å². The maximum atomic E-state index is 11.6. The van der Waals surface area contributed by atoms with Crippen LogP contribution in [-0.2, 0) is 20.0 Å². The number of hydrogen-bond donors (Lipinski definition) is 3. The lowest BCUT2D eigenvalue weighted by molar-refractivity contribution is 0.252. The Labute approximate surface area is 101 Å². The lowest BCUT2D eigenvalue weighted by atomic mass is 10.1. The van der Waals surface area contributed by atoms with Gasteiger partial charge in [-0.05, 0) is 6.42 Å². The molecular weight excluding hydrogens is 218 g/mol. The molecule has 6 heteroatoms. The van der Waals surface area contributed by atoms with Gasteiger partial charge in [0.25, 0.3) is 0 Å². The zero-order valence-corrected chi connectivity index (χ0v) is 10.3. The first kappa shape index (κ1) is 11.9. The van der Waals surface area contributed by atoms with Gasteiger partial charge in [-0.15, -0.1) is 0 Å². The molecule has 0 atom stereocenters. The average Bonchev–Trinajstić information content (AvgIpc) is 2.64. The van der Waals surface area contributed by atoms with Crippen molar-refractivity contribution in [2.45, 2.75) is 26.3 Å². The fourth-order valence-electron chi connectivity index (χ4n) is 1.98. The minimum Gasteiger partial charge on any atom is -0.338 e. The van der Waals surface area contributed by atoms with Crippen molar-refractivity contribution < 1.29 is 4.79 Å². The fourth-order valence-corrected chi connectivity index (χ4v) is 1.98. The van der Waals surface area contributed by atoms with Crippen molar-refractivity contribution in [3.8, 4) is 0 Å². The van der Waals surface area contributed by atoms with E-state index in [0.717, 1.165) is 43.0 Å². The quantitative estimate of drug-likeness (QED) is 0.721. The van der Waals surface area contributed by atoms with Gasteiger partial charge in [0.05, 0.1) is 5.69 Å². The third-order valence-electron chi connectivity index (χ3n) is 2.84. The minimum absolute atomic E-state index is 0.164. The normalized spacial score (nSPS) is 14.2. The summed E-state index contributed by atoms with van der Waals surface area (Å²) in [6.07, 6.45) is 1.85. The first-order chi connectivity index (χ1) is 8.22. The average molecular weight is 237 g/mol. The molecule has 0 unspecified atom stereocenters. The number of carbonyl (C=O) groups excluding carboxylic acids is 1. The number of carbonyl (C=O) groups is 1. The molecule has 1 aliphatic heterocycles. The summed E-state index contributed by atoms with van der Waals surface area (Å²) < 4.78 is 1.74. The Kier molecular flexibility index (Phi) is 3.63. The molecule has 0 radical (unpaired) electrons. The summed E-state index contributed by atoms with van der Waals surface area (Å²) in [6.45, 7) is 4.43. The van der Waals surface area contributed by atoms with E-state index in [0.29, 0.717) is 6.54 Å². The van der Waals surface area contributed by atoms with E-state index in [1.54, 1.807) is 4.68 Å². The summed E-state index contributed by atoms with van der Waals surface area (Å²) in [5.41, 5.74) is 2.18. The zero-order valence-electron chi connectivity index (χ0n) is 10.3. The molecule has 0 fully saturated rings. The van der Waals surface area contributed by atoms with Crippen LogP contribution in [0.15, 0.2) is 0 Å². The van der Waals surface area contributed by atoms with Gasteiger partial charge in [0.1, 0.15) is 5.82 Å². The predicted octanol–water partition coefficient (Wildman–Crippen LogP) is 0.597. The second-order valence-electron chi connectivity index (χ2n) is 4.21. The summed E-state index contributed by atoms with van der Waals surface area (Å²) in [7, 11) is 1.85. The number of amides is 2. The minimum atomic E-state index is -0.164. The van der Waals surface area contributed by atoms with Crippen molar-refractivity contribution in [3.63, 3.8) is 0 Å². The molecule has 0 saturated heterocycles. The van der Waals surface area contributed by atoms with E-state index in [1.165, 1.54) is 0 Å². The highest BCUT2D eigenvalue weighted by Crippen LogP contribution is 2.21. The molecule has 6 nitrogen and oxygen atoms in total. The van der Waals surface area contributed by atoms with Crippen molar-refractivity contribution in [1.29, 1.82) is 0 Å². The molecule has 0 saturated carbocycles. The third-order valence-corrected chi connectivity index (χ3v) is 2.84. The number of urea groups is 1. The number of hydrogen-bond acceptors (Lipinski definition) is 3. The van der Waals surface area contributed by atoms with Crippen molar-refractivity contribution >= 4 is 11.8 Å². The van der Waals surface area contributed by atoms with Crippen LogP contribution in [0.1, 0.15) is 24.6 Å². The molecule has 1 aromatic heterocycles. The second kappa shape index (κ2) is 5.18. The van der Waals surface area contributed by atoms with E-state index in [2.05, 4.69) is 21.0 Å². The molecule has 3 N–H and O–H groups in total. The van der Waals surface area contributed by atoms with E-state index < -0.39 is 0 Å². The van der Waals surface area contributed by atoms with Crippen LogP contribution in [0.25, 0.3) is 0 Å². The fraction of sp³-hybridized carbons (Fsp3) is 0.636. The molecule has 0 bridgehead atoms. The van der Waals surface area contributed by atoms with Crippen LogP contribution < -0.4 is 16.0 Å². The van der Waals surface area contributed by atoms with Crippen LogP contribution in [0.5, 0.6) is 0 Å². The summed E-state index contributed by atoms with van der Waals surface area (Å²) >= 11 is 0. The second-order valence-corrected chi connectivity index (χ2v) is 4.21. The monoisotopic (exact) mass is 237 g/mol. The Morgan fingerprint density at radius 1 is 1.59 bits per heavy atom. The van der Waals surface area contributed by atoms with Crippen molar-refractivity contribution in [1.82, 2.24) is 20.4 Å². The number of nitrogens with zero attached hydrogens (tertiary/aromatic N) is 2. The number of rotatable bonds is 3. The Morgan fingerprint density at radius 3 is 3.18 bits per heavy atom. The van der Waals surface area contributed by atoms with E-state index in [9.17, 15) is 4.79 Å². The summed E-state index contributed by atoms with van der Waals surface area (Å²) in [5, 5.41) is 13.4. The van der Waals surface area contributed by atoms with E-state index in [-0.39, 0.29) is 6.03 Å². The van der Waals surface area contributed by atoms with E-state index >= 15 is 0 Å². The first-order valence-corrected chi connectivity index (χ1v) is 6.02. The van der Waals surface area contributed by atoms with Gasteiger partial charge in [0.15, 0.2) is 0 Å².